The lowest BCUT2D eigenvalue weighted by Gasteiger charge is -2.24. The number of halogens is 1. The average Bonchev–Trinajstić information content (AvgIpc) is 2.84. The first-order valence-electron chi connectivity index (χ1n) is 8.39. The van der Waals surface area contributed by atoms with E-state index in [9.17, 15) is 13.2 Å². The lowest BCUT2D eigenvalue weighted by Crippen LogP contribution is -2.48. The molecule has 0 spiro atoms. The Labute approximate surface area is 156 Å². The highest BCUT2D eigenvalue weighted by Gasteiger charge is 2.26. The number of nitrogens with one attached hydrogen (secondary N) is 1. The van der Waals surface area contributed by atoms with Crippen LogP contribution in [0.3, 0.4) is 0 Å². The summed E-state index contributed by atoms with van der Waals surface area (Å²) < 4.78 is 27.2. The molecule has 1 amide bonds. The van der Waals surface area contributed by atoms with Gasteiger partial charge in [-0.3, -0.25) is 4.79 Å². The second-order valence-corrected chi connectivity index (χ2v) is 8.83. The highest BCUT2D eigenvalue weighted by atomic mass is 35.5. The largest absolute Gasteiger partial charge is 0.346 e. The molecule has 1 aliphatic rings. The number of carbonyl (C=O) groups excluding carboxylic acids is 1. The van der Waals surface area contributed by atoms with E-state index in [1.54, 1.807) is 18.2 Å². The number of rotatable bonds is 5. The van der Waals surface area contributed by atoms with Gasteiger partial charge in [-0.15, -0.1) is 12.4 Å². The number of hydrogen-bond acceptors (Lipinski definition) is 4. The van der Waals surface area contributed by atoms with E-state index >= 15 is 0 Å². The molecule has 1 aromatic carbocycles. The maximum atomic E-state index is 12.8. The zero-order valence-electron chi connectivity index (χ0n) is 14.8. The number of benzene rings is 1. The molecule has 8 heteroatoms. The smallest absolute Gasteiger partial charge is 0.251 e. The van der Waals surface area contributed by atoms with Crippen LogP contribution in [0.4, 0.5) is 0 Å². The van der Waals surface area contributed by atoms with E-state index in [0.717, 1.165) is 25.7 Å². The molecule has 1 fully saturated rings. The van der Waals surface area contributed by atoms with Crippen molar-refractivity contribution < 1.29 is 13.2 Å². The Hall–Kier alpha value is -1.15. The molecule has 6 nitrogen and oxygen atoms in total. The standard InChI is InChI=1S/C17H27N3O3S.ClH/c1-17(2,13-18)19-16(21)14-8-7-9-15(12-14)24(22,23)20-10-5-3-4-6-11-20;/h7-9,12H,3-6,10-11,13,18H2,1-2H3,(H,19,21);1H. The van der Waals surface area contributed by atoms with Gasteiger partial charge in [0, 0.05) is 30.7 Å². The van der Waals surface area contributed by atoms with Gasteiger partial charge in [0.05, 0.1) is 4.90 Å². The first-order chi connectivity index (χ1) is 11.3. The number of amides is 1. The van der Waals surface area contributed by atoms with Crippen LogP contribution in [0.2, 0.25) is 0 Å². The van der Waals surface area contributed by atoms with E-state index in [4.69, 9.17) is 5.73 Å². The Morgan fingerprint density at radius 2 is 1.80 bits per heavy atom. The van der Waals surface area contributed by atoms with Crippen LogP contribution in [0.1, 0.15) is 49.9 Å². The Morgan fingerprint density at radius 3 is 2.36 bits per heavy atom. The van der Waals surface area contributed by atoms with Gasteiger partial charge in [-0.25, -0.2) is 8.42 Å². The van der Waals surface area contributed by atoms with Gasteiger partial charge >= 0.3 is 0 Å². The summed E-state index contributed by atoms with van der Waals surface area (Å²) in [6.45, 7) is 5.02. The molecule has 1 saturated heterocycles. The molecule has 1 aliphatic heterocycles. The molecule has 0 saturated carbocycles. The molecular weight excluding hydrogens is 362 g/mol. The van der Waals surface area contributed by atoms with E-state index in [1.165, 1.54) is 10.4 Å². The molecule has 2 rings (SSSR count). The maximum absolute atomic E-state index is 12.8. The van der Waals surface area contributed by atoms with Crippen molar-refractivity contribution >= 4 is 28.3 Å². The maximum Gasteiger partial charge on any atom is 0.251 e. The van der Waals surface area contributed by atoms with Crippen LogP contribution in [0.5, 0.6) is 0 Å². The van der Waals surface area contributed by atoms with Crippen LogP contribution in [-0.2, 0) is 10.0 Å². The first kappa shape index (κ1) is 21.9. The third-order valence-electron chi connectivity index (χ3n) is 4.26. The van der Waals surface area contributed by atoms with Gasteiger partial charge in [0.15, 0.2) is 0 Å². The Kier molecular flexibility index (Phi) is 7.87. The van der Waals surface area contributed by atoms with Crippen molar-refractivity contribution in [2.45, 2.75) is 50.0 Å². The van der Waals surface area contributed by atoms with E-state index in [2.05, 4.69) is 5.32 Å². The highest BCUT2D eigenvalue weighted by molar-refractivity contribution is 7.89. The lowest BCUT2D eigenvalue weighted by molar-refractivity contribution is 0.0915. The van der Waals surface area contributed by atoms with Gasteiger partial charge in [-0.05, 0) is 44.9 Å². The summed E-state index contributed by atoms with van der Waals surface area (Å²) in [4.78, 5) is 12.5. The second-order valence-electron chi connectivity index (χ2n) is 6.89. The SMILES string of the molecule is CC(C)(CN)NC(=O)c1cccc(S(=O)(=O)N2CCCCCC2)c1.Cl. The summed E-state index contributed by atoms with van der Waals surface area (Å²) in [5.74, 6) is -0.321. The molecule has 0 unspecified atom stereocenters. The van der Waals surface area contributed by atoms with Crippen molar-refractivity contribution in [2.24, 2.45) is 5.73 Å². The molecule has 3 N–H and O–H groups in total. The molecule has 0 aliphatic carbocycles. The fourth-order valence-electron chi connectivity index (χ4n) is 2.66. The molecular formula is C17H28ClN3O3S. The fourth-order valence-corrected chi connectivity index (χ4v) is 4.22. The first-order valence-corrected chi connectivity index (χ1v) is 9.83. The van der Waals surface area contributed by atoms with E-state index in [0.29, 0.717) is 25.2 Å². The number of nitrogens with two attached hydrogens (primary N) is 1. The topological polar surface area (TPSA) is 92.5 Å². The second kappa shape index (κ2) is 8.98. The Balaban J connectivity index is 0.00000312. The predicted octanol–water partition coefficient (Wildman–Crippen LogP) is 2.14. The minimum atomic E-state index is -3.56. The van der Waals surface area contributed by atoms with Crippen molar-refractivity contribution in [1.82, 2.24) is 9.62 Å². The fraction of sp³-hybridized carbons (Fsp3) is 0.588. The number of sulfonamides is 1. The molecule has 0 bridgehead atoms. The Bertz CT molecular complexity index is 684. The van der Waals surface area contributed by atoms with Crippen LogP contribution in [0.25, 0.3) is 0 Å². The van der Waals surface area contributed by atoms with Crippen molar-refractivity contribution in [3.63, 3.8) is 0 Å². The summed E-state index contributed by atoms with van der Waals surface area (Å²) in [6.07, 6.45) is 3.87. The number of nitrogens with zero attached hydrogens (tertiary/aromatic N) is 1. The van der Waals surface area contributed by atoms with E-state index < -0.39 is 15.6 Å². The zero-order valence-corrected chi connectivity index (χ0v) is 16.5. The van der Waals surface area contributed by atoms with Crippen LogP contribution < -0.4 is 11.1 Å². The van der Waals surface area contributed by atoms with Gasteiger partial charge in [0.25, 0.3) is 5.91 Å². The monoisotopic (exact) mass is 389 g/mol. The highest BCUT2D eigenvalue weighted by Crippen LogP contribution is 2.21. The molecule has 0 atom stereocenters. The van der Waals surface area contributed by atoms with Crippen molar-refractivity contribution in [2.75, 3.05) is 19.6 Å². The summed E-state index contributed by atoms with van der Waals surface area (Å²) >= 11 is 0. The average molecular weight is 390 g/mol. The summed E-state index contributed by atoms with van der Waals surface area (Å²) in [7, 11) is -3.56. The van der Waals surface area contributed by atoms with Crippen molar-refractivity contribution in [1.29, 1.82) is 0 Å². The third-order valence-corrected chi connectivity index (χ3v) is 6.16. The van der Waals surface area contributed by atoms with Crippen molar-refractivity contribution in [3.05, 3.63) is 29.8 Å². The van der Waals surface area contributed by atoms with Gasteiger partial charge in [0.2, 0.25) is 10.0 Å². The summed E-state index contributed by atoms with van der Waals surface area (Å²) in [5, 5.41) is 2.82. The molecule has 1 aromatic rings. The van der Waals surface area contributed by atoms with Crippen molar-refractivity contribution in [3.8, 4) is 0 Å². The van der Waals surface area contributed by atoms with Crippen LogP contribution in [-0.4, -0.2) is 43.8 Å². The van der Waals surface area contributed by atoms with Crippen LogP contribution in [0, 0.1) is 0 Å². The van der Waals surface area contributed by atoms with Crippen LogP contribution in [0.15, 0.2) is 29.2 Å². The van der Waals surface area contributed by atoms with Crippen LogP contribution >= 0.6 is 12.4 Å². The normalized spacial score (nSPS) is 16.6. The van der Waals surface area contributed by atoms with E-state index in [-0.39, 0.29) is 23.2 Å². The minimum absolute atomic E-state index is 0. The molecule has 142 valence electrons. The van der Waals surface area contributed by atoms with Gasteiger partial charge < -0.3 is 11.1 Å². The molecule has 25 heavy (non-hydrogen) atoms. The molecule has 1 heterocycles. The summed E-state index contributed by atoms with van der Waals surface area (Å²) in [5.41, 5.74) is 5.41. The lowest BCUT2D eigenvalue weighted by atomic mass is 10.1. The predicted molar refractivity (Wildman–Crippen MR) is 102 cm³/mol. The Morgan fingerprint density at radius 1 is 1.20 bits per heavy atom. The number of carbonyl (C=O) groups is 1. The zero-order chi connectivity index (χ0) is 17.8. The quantitative estimate of drug-likeness (QED) is 0.806. The van der Waals surface area contributed by atoms with Gasteiger partial charge in [0.1, 0.15) is 0 Å². The summed E-state index contributed by atoms with van der Waals surface area (Å²) in [6, 6.07) is 6.21. The number of hydrogen-bond donors (Lipinski definition) is 2. The molecule has 0 radical (unpaired) electrons. The third kappa shape index (κ3) is 5.67. The van der Waals surface area contributed by atoms with Gasteiger partial charge in [-0.2, -0.15) is 4.31 Å². The molecule has 0 aromatic heterocycles. The minimum Gasteiger partial charge on any atom is -0.346 e. The van der Waals surface area contributed by atoms with Gasteiger partial charge in [-0.1, -0.05) is 18.9 Å². The van der Waals surface area contributed by atoms with E-state index in [1.807, 2.05) is 13.8 Å².